The molecule has 1 aliphatic heterocycles. The normalized spacial score (nSPS) is 21.3. The molecule has 1 amide bonds. The van der Waals surface area contributed by atoms with Crippen LogP contribution in [0.15, 0.2) is 23.3 Å². The predicted molar refractivity (Wildman–Crippen MR) is 110 cm³/mol. The monoisotopic (exact) mass is 417 g/mol. The van der Waals surface area contributed by atoms with Crippen molar-refractivity contribution in [2.75, 3.05) is 13.1 Å². The largest absolute Gasteiger partial charge is 0.505 e. The van der Waals surface area contributed by atoms with Crippen LogP contribution in [-0.4, -0.2) is 44.3 Å². The Bertz CT molecular complexity index is 1040. The van der Waals surface area contributed by atoms with Crippen molar-refractivity contribution in [3.63, 3.8) is 0 Å². The van der Waals surface area contributed by atoms with Crippen LogP contribution in [-0.2, 0) is 4.74 Å². The standard InChI is InChI=1S/C22H28FN3O4/c1-21(2,3)30-20(29)25-10-8-22(9-11-25)7-6-14(12-22)26-13-24-15-4-5-16(27)18(23)17(15)19(26)28/h4-5,13-14,27H,6-12H2,1-3H3. The molecule has 2 heterocycles. The Morgan fingerprint density at radius 3 is 2.63 bits per heavy atom. The maximum Gasteiger partial charge on any atom is 0.410 e. The maximum atomic E-state index is 14.4. The molecule has 1 aromatic heterocycles. The minimum Gasteiger partial charge on any atom is -0.505 e. The predicted octanol–water partition coefficient (Wildman–Crippen LogP) is 3.98. The van der Waals surface area contributed by atoms with Gasteiger partial charge in [0.25, 0.3) is 5.56 Å². The second-order valence-corrected chi connectivity index (χ2v) is 9.61. The molecule has 4 rings (SSSR count). The van der Waals surface area contributed by atoms with Gasteiger partial charge in [-0.25, -0.2) is 14.2 Å². The highest BCUT2D eigenvalue weighted by Crippen LogP contribution is 2.50. The van der Waals surface area contributed by atoms with E-state index in [4.69, 9.17) is 4.74 Å². The van der Waals surface area contributed by atoms with Crippen LogP contribution in [0.25, 0.3) is 10.9 Å². The number of rotatable bonds is 1. The average Bonchev–Trinajstić information content (AvgIpc) is 3.07. The number of phenolic OH excluding ortho intramolecular Hbond substituents is 1. The summed E-state index contributed by atoms with van der Waals surface area (Å²) < 4.78 is 21.3. The Hall–Kier alpha value is -2.64. The van der Waals surface area contributed by atoms with Crippen LogP contribution < -0.4 is 5.56 Å². The van der Waals surface area contributed by atoms with E-state index >= 15 is 0 Å². The Morgan fingerprint density at radius 1 is 1.27 bits per heavy atom. The number of ether oxygens (including phenoxy) is 1. The summed E-state index contributed by atoms with van der Waals surface area (Å²) in [7, 11) is 0. The zero-order chi connectivity index (χ0) is 21.7. The summed E-state index contributed by atoms with van der Waals surface area (Å²) in [6, 6.07) is 2.59. The van der Waals surface area contributed by atoms with Gasteiger partial charge in [0, 0.05) is 19.1 Å². The van der Waals surface area contributed by atoms with Gasteiger partial charge in [-0.2, -0.15) is 0 Å². The minimum atomic E-state index is -0.919. The first-order valence-corrected chi connectivity index (χ1v) is 10.4. The molecule has 162 valence electrons. The van der Waals surface area contributed by atoms with E-state index in [-0.39, 0.29) is 28.5 Å². The van der Waals surface area contributed by atoms with E-state index in [0.29, 0.717) is 13.1 Å². The first-order chi connectivity index (χ1) is 14.1. The highest BCUT2D eigenvalue weighted by Gasteiger charge is 2.43. The van der Waals surface area contributed by atoms with Gasteiger partial charge < -0.3 is 14.7 Å². The number of aromatic hydroxyl groups is 1. The number of halogens is 1. The highest BCUT2D eigenvalue weighted by molar-refractivity contribution is 5.79. The van der Waals surface area contributed by atoms with Crippen molar-refractivity contribution in [2.45, 2.75) is 64.5 Å². The van der Waals surface area contributed by atoms with Crippen LogP contribution in [0.1, 0.15) is 58.9 Å². The van der Waals surface area contributed by atoms with E-state index in [0.717, 1.165) is 32.1 Å². The number of aromatic nitrogens is 2. The van der Waals surface area contributed by atoms with Gasteiger partial charge in [-0.05, 0) is 70.4 Å². The molecule has 8 heteroatoms. The van der Waals surface area contributed by atoms with Crippen LogP contribution in [0.5, 0.6) is 5.75 Å². The first-order valence-electron chi connectivity index (χ1n) is 10.4. The van der Waals surface area contributed by atoms with Crippen molar-refractivity contribution < 1.29 is 19.0 Å². The molecule has 0 radical (unpaired) electrons. The van der Waals surface area contributed by atoms with E-state index in [1.807, 2.05) is 20.8 Å². The summed E-state index contributed by atoms with van der Waals surface area (Å²) >= 11 is 0. The molecular formula is C22H28FN3O4. The van der Waals surface area contributed by atoms with Crippen molar-refractivity contribution in [2.24, 2.45) is 5.41 Å². The minimum absolute atomic E-state index is 0.0644. The Labute approximate surface area is 174 Å². The van der Waals surface area contributed by atoms with Gasteiger partial charge in [-0.1, -0.05) is 0 Å². The molecule has 2 fully saturated rings. The van der Waals surface area contributed by atoms with E-state index in [1.165, 1.54) is 23.0 Å². The fourth-order valence-corrected chi connectivity index (χ4v) is 4.79. The van der Waals surface area contributed by atoms with Crippen molar-refractivity contribution in [1.82, 2.24) is 14.5 Å². The van der Waals surface area contributed by atoms with Gasteiger partial charge in [-0.15, -0.1) is 0 Å². The molecule has 1 aromatic carbocycles. The van der Waals surface area contributed by atoms with Gasteiger partial charge in [0.15, 0.2) is 11.6 Å². The molecule has 1 saturated heterocycles. The van der Waals surface area contributed by atoms with Crippen molar-refractivity contribution in [3.05, 3.63) is 34.6 Å². The highest BCUT2D eigenvalue weighted by atomic mass is 19.1. The molecule has 7 nitrogen and oxygen atoms in total. The lowest BCUT2D eigenvalue weighted by Gasteiger charge is -2.40. The zero-order valence-electron chi connectivity index (χ0n) is 17.7. The topological polar surface area (TPSA) is 84.7 Å². The van der Waals surface area contributed by atoms with Gasteiger partial charge in [0.05, 0.1) is 11.8 Å². The summed E-state index contributed by atoms with van der Waals surface area (Å²) in [5, 5.41) is 9.48. The van der Waals surface area contributed by atoms with Crippen molar-refractivity contribution >= 4 is 17.0 Å². The third kappa shape index (κ3) is 3.75. The molecule has 1 aliphatic carbocycles. The summed E-state index contributed by atoms with van der Waals surface area (Å²) in [6.45, 7) is 6.84. The number of amides is 1. The lowest BCUT2D eigenvalue weighted by molar-refractivity contribution is 0.0103. The van der Waals surface area contributed by atoms with Crippen molar-refractivity contribution in [1.29, 1.82) is 0 Å². The number of piperidine rings is 1. The quantitative estimate of drug-likeness (QED) is 0.759. The van der Waals surface area contributed by atoms with Gasteiger partial charge >= 0.3 is 6.09 Å². The van der Waals surface area contributed by atoms with E-state index in [2.05, 4.69) is 4.98 Å². The maximum absolute atomic E-state index is 14.4. The molecule has 1 N–H and O–H groups in total. The molecule has 30 heavy (non-hydrogen) atoms. The van der Waals surface area contributed by atoms with Gasteiger partial charge in [-0.3, -0.25) is 9.36 Å². The molecule has 1 unspecified atom stereocenters. The number of carbonyl (C=O) groups excluding carboxylic acids is 1. The average molecular weight is 417 g/mol. The summed E-state index contributed by atoms with van der Waals surface area (Å²) in [4.78, 5) is 31.3. The summed E-state index contributed by atoms with van der Waals surface area (Å²) in [5.74, 6) is -1.46. The number of likely N-dealkylation sites (tertiary alicyclic amines) is 1. The number of hydrogen-bond donors (Lipinski definition) is 1. The molecule has 1 saturated carbocycles. The van der Waals surface area contributed by atoms with Gasteiger partial charge in [0.1, 0.15) is 11.0 Å². The second kappa shape index (κ2) is 7.25. The van der Waals surface area contributed by atoms with Gasteiger partial charge in [0.2, 0.25) is 0 Å². The number of hydrogen-bond acceptors (Lipinski definition) is 5. The fourth-order valence-electron chi connectivity index (χ4n) is 4.79. The Kier molecular flexibility index (Phi) is 4.98. The smallest absolute Gasteiger partial charge is 0.410 e. The van der Waals surface area contributed by atoms with E-state index in [9.17, 15) is 19.1 Å². The number of nitrogens with zero attached hydrogens (tertiary/aromatic N) is 3. The number of phenols is 1. The summed E-state index contributed by atoms with van der Waals surface area (Å²) in [6.07, 6.45) is 5.47. The summed E-state index contributed by atoms with van der Waals surface area (Å²) in [5.41, 5.74) is -0.667. The van der Waals surface area contributed by atoms with E-state index in [1.54, 1.807) is 4.90 Å². The third-order valence-corrected chi connectivity index (χ3v) is 6.41. The van der Waals surface area contributed by atoms with Crippen LogP contribution in [0.3, 0.4) is 0 Å². The molecule has 1 atom stereocenters. The fraction of sp³-hybridized carbons (Fsp3) is 0.591. The number of benzene rings is 1. The van der Waals surface area contributed by atoms with E-state index < -0.39 is 22.7 Å². The lowest BCUT2D eigenvalue weighted by atomic mass is 9.77. The van der Waals surface area contributed by atoms with Crippen molar-refractivity contribution in [3.8, 4) is 5.75 Å². The second-order valence-electron chi connectivity index (χ2n) is 9.61. The lowest BCUT2D eigenvalue weighted by Crippen LogP contribution is -2.44. The Morgan fingerprint density at radius 2 is 1.97 bits per heavy atom. The van der Waals surface area contributed by atoms with Crippen LogP contribution in [0, 0.1) is 11.2 Å². The van der Waals surface area contributed by atoms with Crippen LogP contribution in [0.2, 0.25) is 0 Å². The molecule has 0 bridgehead atoms. The Balaban J connectivity index is 1.49. The number of fused-ring (bicyclic) bond motifs is 1. The zero-order valence-corrected chi connectivity index (χ0v) is 17.7. The molecule has 1 spiro atoms. The van der Waals surface area contributed by atoms with Crippen LogP contribution >= 0.6 is 0 Å². The first kappa shape index (κ1) is 20.6. The van der Waals surface area contributed by atoms with Crippen LogP contribution in [0.4, 0.5) is 9.18 Å². The molecule has 2 aliphatic rings. The SMILES string of the molecule is CC(C)(C)OC(=O)N1CCC2(CCC(n3cnc4ccc(O)c(F)c4c3=O)C2)CC1. The molecular weight excluding hydrogens is 389 g/mol. The molecule has 2 aromatic rings. The third-order valence-electron chi connectivity index (χ3n) is 6.41. The number of carbonyl (C=O) groups is 1.